The smallest absolute Gasteiger partial charge is 0.251 e. The van der Waals surface area contributed by atoms with Crippen molar-refractivity contribution in [1.29, 1.82) is 0 Å². The maximum atomic E-state index is 13.2. The molecule has 0 saturated carbocycles. The molecule has 2 rings (SSSR count). The molecule has 1 amide bonds. The van der Waals surface area contributed by atoms with Gasteiger partial charge in [0.2, 0.25) is 0 Å². The van der Waals surface area contributed by atoms with Gasteiger partial charge in [-0.05, 0) is 18.2 Å². The van der Waals surface area contributed by atoms with Gasteiger partial charge in [0.1, 0.15) is 5.82 Å². The number of aryl methyl sites for hydroxylation is 1. The first kappa shape index (κ1) is 12.1. The van der Waals surface area contributed by atoms with Crippen LogP contribution in [-0.2, 0) is 13.6 Å². The Balaban J connectivity index is 2.10. The predicted octanol–water partition coefficient (Wildman–Crippen LogP) is 1.27. The summed E-state index contributed by atoms with van der Waals surface area (Å²) in [6.07, 6.45) is 3.59. The number of nitrogens with two attached hydrogens (primary N) is 1. The molecule has 1 aromatic heterocycles. The van der Waals surface area contributed by atoms with Crippen LogP contribution in [0.5, 0.6) is 0 Å². The van der Waals surface area contributed by atoms with Crippen LogP contribution in [0.1, 0.15) is 15.9 Å². The van der Waals surface area contributed by atoms with Crippen molar-refractivity contribution in [3.05, 3.63) is 47.5 Å². The number of anilines is 1. The van der Waals surface area contributed by atoms with E-state index in [9.17, 15) is 9.18 Å². The minimum absolute atomic E-state index is 0.119. The van der Waals surface area contributed by atoms with Gasteiger partial charge in [0.05, 0.1) is 11.8 Å². The second-order valence-corrected chi connectivity index (χ2v) is 3.93. The molecule has 94 valence electrons. The Morgan fingerprint density at radius 2 is 2.33 bits per heavy atom. The highest BCUT2D eigenvalue weighted by Crippen LogP contribution is 2.15. The van der Waals surface area contributed by atoms with Crippen LogP contribution in [-0.4, -0.2) is 15.7 Å². The number of benzene rings is 1. The highest BCUT2D eigenvalue weighted by Gasteiger charge is 2.08. The maximum Gasteiger partial charge on any atom is 0.251 e. The molecule has 0 bridgehead atoms. The van der Waals surface area contributed by atoms with Crippen LogP contribution in [0.25, 0.3) is 0 Å². The fourth-order valence-corrected chi connectivity index (χ4v) is 1.59. The second-order valence-electron chi connectivity index (χ2n) is 3.93. The summed E-state index contributed by atoms with van der Waals surface area (Å²) in [4.78, 5) is 11.0. The number of hydrogen-bond donors (Lipinski definition) is 2. The topological polar surface area (TPSA) is 72.9 Å². The van der Waals surface area contributed by atoms with Gasteiger partial charge < -0.3 is 11.1 Å². The lowest BCUT2D eigenvalue weighted by molar-refractivity contribution is 0.0996. The zero-order valence-electron chi connectivity index (χ0n) is 9.85. The Labute approximate surface area is 103 Å². The minimum atomic E-state index is -0.780. The van der Waals surface area contributed by atoms with Crippen molar-refractivity contribution in [2.45, 2.75) is 6.54 Å². The van der Waals surface area contributed by atoms with Crippen LogP contribution in [0.3, 0.4) is 0 Å². The predicted molar refractivity (Wildman–Crippen MR) is 65.5 cm³/mol. The first-order chi connectivity index (χ1) is 8.56. The Hall–Kier alpha value is -2.37. The van der Waals surface area contributed by atoms with Gasteiger partial charge in [-0.3, -0.25) is 9.48 Å². The lowest BCUT2D eigenvalue weighted by Crippen LogP contribution is -2.13. The summed E-state index contributed by atoms with van der Waals surface area (Å²) in [6, 6.07) is 4.16. The van der Waals surface area contributed by atoms with E-state index < -0.39 is 11.7 Å². The molecular weight excluding hydrogens is 235 g/mol. The van der Waals surface area contributed by atoms with E-state index in [0.29, 0.717) is 12.2 Å². The summed E-state index contributed by atoms with van der Waals surface area (Å²) in [5.41, 5.74) is 6.58. The molecule has 1 aromatic carbocycles. The fraction of sp³-hybridized carbons (Fsp3) is 0.167. The largest absolute Gasteiger partial charge is 0.381 e. The van der Waals surface area contributed by atoms with Crippen molar-refractivity contribution in [2.24, 2.45) is 12.8 Å². The van der Waals surface area contributed by atoms with Crippen molar-refractivity contribution in [2.75, 3.05) is 5.32 Å². The number of primary amides is 1. The molecule has 0 saturated heterocycles. The number of hydrogen-bond acceptors (Lipinski definition) is 3. The summed E-state index contributed by atoms with van der Waals surface area (Å²) in [7, 11) is 1.83. The molecule has 0 atom stereocenters. The summed E-state index contributed by atoms with van der Waals surface area (Å²) in [5.74, 6) is -1.40. The van der Waals surface area contributed by atoms with Gasteiger partial charge in [-0.2, -0.15) is 5.10 Å². The summed E-state index contributed by atoms with van der Waals surface area (Å²) in [5, 5.41) is 7.10. The van der Waals surface area contributed by atoms with E-state index in [4.69, 9.17) is 5.73 Å². The standard InChI is InChI=1S/C12H13FN4O/c1-17-7-8(6-16-17)5-15-9-2-3-11(13)10(4-9)12(14)18/h2-4,6-7,15H,5H2,1H3,(H2,14,18). The van der Waals surface area contributed by atoms with Gasteiger partial charge in [0.15, 0.2) is 0 Å². The minimum Gasteiger partial charge on any atom is -0.381 e. The van der Waals surface area contributed by atoms with Crippen LogP contribution >= 0.6 is 0 Å². The number of carbonyl (C=O) groups excluding carboxylic acids is 1. The van der Waals surface area contributed by atoms with E-state index in [-0.39, 0.29) is 5.56 Å². The average Bonchev–Trinajstić information content (AvgIpc) is 2.74. The first-order valence-electron chi connectivity index (χ1n) is 5.37. The Kier molecular flexibility index (Phi) is 3.27. The van der Waals surface area contributed by atoms with Crippen LogP contribution in [0.2, 0.25) is 0 Å². The summed E-state index contributed by atoms with van der Waals surface area (Å²) < 4.78 is 14.9. The summed E-state index contributed by atoms with van der Waals surface area (Å²) >= 11 is 0. The molecule has 0 aliphatic heterocycles. The number of aromatic nitrogens is 2. The molecular formula is C12H13FN4O. The molecule has 3 N–H and O–H groups in total. The number of rotatable bonds is 4. The number of nitrogens with one attached hydrogen (secondary N) is 1. The SMILES string of the molecule is Cn1cc(CNc2ccc(F)c(C(N)=O)c2)cn1. The van der Waals surface area contributed by atoms with Crippen molar-refractivity contribution in [3.8, 4) is 0 Å². The van der Waals surface area contributed by atoms with Crippen LogP contribution in [0.15, 0.2) is 30.6 Å². The lowest BCUT2D eigenvalue weighted by atomic mass is 10.1. The number of nitrogens with zero attached hydrogens (tertiary/aromatic N) is 2. The van der Waals surface area contributed by atoms with Gasteiger partial charge in [0.25, 0.3) is 5.91 Å². The monoisotopic (exact) mass is 248 g/mol. The highest BCUT2D eigenvalue weighted by atomic mass is 19.1. The van der Waals surface area contributed by atoms with Crippen molar-refractivity contribution < 1.29 is 9.18 Å². The zero-order valence-corrected chi connectivity index (χ0v) is 9.85. The average molecular weight is 248 g/mol. The van der Waals surface area contributed by atoms with Gasteiger partial charge >= 0.3 is 0 Å². The molecule has 1 heterocycles. The third-order valence-electron chi connectivity index (χ3n) is 2.49. The molecule has 0 radical (unpaired) electrons. The highest BCUT2D eigenvalue weighted by molar-refractivity contribution is 5.94. The van der Waals surface area contributed by atoms with Crippen LogP contribution < -0.4 is 11.1 Å². The third-order valence-corrected chi connectivity index (χ3v) is 2.49. The molecule has 0 aliphatic rings. The fourth-order valence-electron chi connectivity index (χ4n) is 1.59. The van der Waals surface area contributed by atoms with E-state index in [1.54, 1.807) is 16.9 Å². The Morgan fingerprint density at radius 1 is 1.56 bits per heavy atom. The number of amides is 1. The quantitative estimate of drug-likeness (QED) is 0.855. The van der Waals surface area contributed by atoms with Crippen molar-refractivity contribution >= 4 is 11.6 Å². The Morgan fingerprint density at radius 3 is 2.94 bits per heavy atom. The molecule has 18 heavy (non-hydrogen) atoms. The van der Waals surface area contributed by atoms with E-state index in [2.05, 4.69) is 10.4 Å². The molecule has 0 aliphatic carbocycles. The van der Waals surface area contributed by atoms with Gasteiger partial charge in [-0.15, -0.1) is 0 Å². The van der Waals surface area contributed by atoms with E-state index in [0.717, 1.165) is 5.56 Å². The third kappa shape index (κ3) is 2.65. The molecule has 0 unspecified atom stereocenters. The van der Waals surface area contributed by atoms with Crippen molar-refractivity contribution in [3.63, 3.8) is 0 Å². The normalized spacial score (nSPS) is 10.3. The number of halogens is 1. The Bertz CT molecular complexity index is 579. The van der Waals surface area contributed by atoms with Gasteiger partial charge in [-0.1, -0.05) is 0 Å². The number of carbonyl (C=O) groups is 1. The van der Waals surface area contributed by atoms with Crippen LogP contribution in [0, 0.1) is 5.82 Å². The molecule has 2 aromatic rings. The van der Waals surface area contributed by atoms with Gasteiger partial charge in [-0.25, -0.2) is 4.39 Å². The molecule has 5 nitrogen and oxygen atoms in total. The van der Waals surface area contributed by atoms with Crippen molar-refractivity contribution in [1.82, 2.24) is 9.78 Å². The maximum absolute atomic E-state index is 13.2. The lowest BCUT2D eigenvalue weighted by Gasteiger charge is -2.06. The molecule has 0 spiro atoms. The van der Waals surface area contributed by atoms with Crippen LogP contribution in [0.4, 0.5) is 10.1 Å². The summed E-state index contributed by atoms with van der Waals surface area (Å²) in [6.45, 7) is 0.539. The first-order valence-corrected chi connectivity index (χ1v) is 5.37. The van der Waals surface area contributed by atoms with E-state index in [1.165, 1.54) is 12.1 Å². The van der Waals surface area contributed by atoms with E-state index >= 15 is 0 Å². The molecule has 0 fully saturated rings. The second kappa shape index (κ2) is 4.87. The van der Waals surface area contributed by atoms with Gasteiger partial charge in [0, 0.05) is 31.0 Å². The molecule has 6 heteroatoms. The van der Waals surface area contributed by atoms with E-state index in [1.807, 2.05) is 13.2 Å². The zero-order chi connectivity index (χ0) is 13.1.